The molecule has 0 unspecified atom stereocenters. The van der Waals surface area contributed by atoms with Crippen molar-refractivity contribution in [3.05, 3.63) is 23.3 Å². The molecule has 2 rings (SSSR count). The molecule has 0 saturated carbocycles. The maximum Gasteiger partial charge on any atom is 0.0630 e. The van der Waals surface area contributed by atoms with Crippen LogP contribution in [0, 0.1) is 6.92 Å². The van der Waals surface area contributed by atoms with Gasteiger partial charge in [-0.3, -0.25) is 0 Å². The van der Waals surface area contributed by atoms with E-state index in [-0.39, 0.29) is 0 Å². The Labute approximate surface area is 79.4 Å². The fraction of sp³-hybridized carbons (Fsp3) is 0.455. The average molecular weight is 176 g/mol. The Morgan fingerprint density at radius 2 is 2.15 bits per heavy atom. The number of hydrogen-bond acceptors (Lipinski definition) is 2. The Balaban J connectivity index is 2.56. The largest absolute Gasteiger partial charge is 0.397 e. The number of hydrogen-bond donors (Lipinski definition) is 1. The van der Waals surface area contributed by atoms with Crippen molar-refractivity contribution in [3.8, 4) is 0 Å². The highest BCUT2D eigenvalue weighted by Gasteiger charge is 2.16. The van der Waals surface area contributed by atoms with Gasteiger partial charge in [-0.05, 0) is 37.0 Å². The van der Waals surface area contributed by atoms with Crippen molar-refractivity contribution in [2.24, 2.45) is 0 Å². The summed E-state index contributed by atoms with van der Waals surface area (Å²) in [5.41, 5.74) is 10.8. The van der Waals surface area contributed by atoms with E-state index in [0.29, 0.717) is 0 Å². The van der Waals surface area contributed by atoms with Gasteiger partial charge in [0, 0.05) is 13.6 Å². The van der Waals surface area contributed by atoms with Gasteiger partial charge in [-0.1, -0.05) is 6.07 Å². The zero-order valence-electron chi connectivity index (χ0n) is 8.30. The van der Waals surface area contributed by atoms with E-state index in [1.807, 2.05) is 0 Å². The van der Waals surface area contributed by atoms with Crippen molar-refractivity contribution in [1.82, 2.24) is 0 Å². The third kappa shape index (κ3) is 1.37. The highest BCUT2D eigenvalue weighted by Crippen LogP contribution is 2.32. The van der Waals surface area contributed by atoms with Gasteiger partial charge in [-0.25, -0.2) is 0 Å². The Kier molecular flexibility index (Phi) is 1.91. The van der Waals surface area contributed by atoms with Crippen LogP contribution in [0.5, 0.6) is 0 Å². The lowest BCUT2D eigenvalue weighted by atomic mass is 9.99. The molecule has 2 heteroatoms. The second kappa shape index (κ2) is 2.95. The van der Waals surface area contributed by atoms with Gasteiger partial charge in [0.15, 0.2) is 0 Å². The molecule has 0 aliphatic carbocycles. The second-order valence-corrected chi connectivity index (χ2v) is 3.89. The van der Waals surface area contributed by atoms with Crippen molar-refractivity contribution in [2.75, 3.05) is 24.2 Å². The fourth-order valence-electron chi connectivity index (χ4n) is 2.16. The number of nitrogens with two attached hydrogens (primary N) is 1. The van der Waals surface area contributed by atoms with Gasteiger partial charge in [0.1, 0.15) is 0 Å². The summed E-state index contributed by atoms with van der Waals surface area (Å²) in [5.74, 6) is 0. The van der Waals surface area contributed by atoms with Crippen LogP contribution in [0.4, 0.5) is 11.4 Å². The average Bonchev–Trinajstić information content (AvgIpc) is 2.02. The molecule has 0 atom stereocenters. The minimum Gasteiger partial charge on any atom is -0.397 e. The zero-order valence-corrected chi connectivity index (χ0v) is 8.30. The van der Waals surface area contributed by atoms with E-state index in [0.717, 1.165) is 12.2 Å². The van der Waals surface area contributed by atoms with Gasteiger partial charge >= 0.3 is 0 Å². The minimum absolute atomic E-state index is 0.928. The smallest absolute Gasteiger partial charge is 0.0630 e. The SMILES string of the molecule is Cc1cc(N)c2c(c1)CCCN2C. The highest BCUT2D eigenvalue weighted by atomic mass is 15.1. The van der Waals surface area contributed by atoms with E-state index in [2.05, 4.69) is 31.0 Å². The molecule has 13 heavy (non-hydrogen) atoms. The first kappa shape index (κ1) is 8.42. The van der Waals surface area contributed by atoms with Gasteiger partial charge in [0.2, 0.25) is 0 Å². The Hall–Kier alpha value is -1.18. The summed E-state index contributed by atoms with van der Waals surface area (Å²) in [6.45, 7) is 3.23. The number of aryl methyl sites for hydroxylation is 2. The third-order valence-corrected chi connectivity index (χ3v) is 2.68. The van der Waals surface area contributed by atoms with Crippen molar-refractivity contribution in [3.63, 3.8) is 0 Å². The summed E-state index contributed by atoms with van der Waals surface area (Å²) < 4.78 is 0. The molecule has 1 aromatic rings. The van der Waals surface area contributed by atoms with Crippen molar-refractivity contribution in [2.45, 2.75) is 19.8 Å². The fourth-order valence-corrected chi connectivity index (χ4v) is 2.16. The molecule has 0 amide bonds. The number of nitrogen functional groups attached to an aromatic ring is 1. The predicted molar refractivity (Wildman–Crippen MR) is 57.2 cm³/mol. The Bertz CT molecular complexity index is 331. The number of fused-ring (bicyclic) bond motifs is 1. The molecule has 2 N–H and O–H groups in total. The number of anilines is 2. The maximum atomic E-state index is 5.99. The molecule has 1 aliphatic heterocycles. The maximum absolute atomic E-state index is 5.99. The van der Waals surface area contributed by atoms with E-state index in [9.17, 15) is 0 Å². The number of benzene rings is 1. The molecule has 0 radical (unpaired) electrons. The van der Waals surface area contributed by atoms with Crippen LogP contribution >= 0.6 is 0 Å². The molecule has 0 fully saturated rings. The quantitative estimate of drug-likeness (QED) is 0.612. The van der Waals surface area contributed by atoms with E-state index in [1.54, 1.807) is 0 Å². The molecule has 0 saturated heterocycles. The van der Waals surface area contributed by atoms with Crippen molar-refractivity contribution >= 4 is 11.4 Å². The molecule has 70 valence electrons. The molecule has 1 aliphatic rings. The van der Waals surface area contributed by atoms with Crippen LogP contribution in [0.1, 0.15) is 17.5 Å². The van der Waals surface area contributed by atoms with E-state index in [4.69, 9.17) is 5.73 Å². The number of nitrogens with zero attached hydrogens (tertiary/aromatic N) is 1. The topological polar surface area (TPSA) is 29.3 Å². The highest BCUT2D eigenvalue weighted by molar-refractivity contribution is 5.73. The molecular formula is C11H16N2. The first-order valence-corrected chi connectivity index (χ1v) is 4.78. The van der Waals surface area contributed by atoms with Crippen LogP contribution in [0.2, 0.25) is 0 Å². The van der Waals surface area contributed by atoms with Crippen LogP contribution in [-0.4, -0.2) is 13.6 Å². The summed E-state index contributed by atoms with van der Waals surface area (Å²) in [4.78, 5) is 2.26. The van der Waals surface area contributed by atoms with Gasteiger partial charge in [-0.15, -0.1) is 0 Å². The van der Waals surface area contributed by atoms with Gasteiger partial charge in [0.25, 0.3) is 0 Å². The van der Waals surface area contributed by atoms with Gasteiger partial charge in [-0.2, -0.15) is 0 Å². The monoisotopic (exact) mass is 176 g/mol. The lowest BCUT2D eigenvalue weighted by Crippen LogP contribution is -2.25. The molecular weight excluding hydrogens is 160 g/mol. The van der Waals surface area contributed by atoms with E-state index < -0.39 is 0 Å². The van der Waals surface area contributed by atoms with Gasteiger partial charge in [0.05, 0.1) is 11.4 Å². The molecule has 0 aromatic heterocycles. The molecule has 2 nitrogen and oxygen atoms in total. The summed E-state index contributed by atoms with van der Waals surface area (Å²) in [6, 6.07) is 4.31. The van der Waals surface area contributed by atoms with E-state index >= 15 is 0 Å². The summed E-state index contributed by atoms with van der Waals surface area (Å²) in [5, 5.41) is 0. The van der Waals surface area contributed by atoms with Crippen LogP contribution in [0.25, 0.3) is 0 Å². The third-order valence-electron chi connectivity index (χ3n) is 2.68. The predicted octanol–water partition coefficient (Wildman–Crippen LogP) is 1.96. The molecule has 0 bridgehead atoms. The standard InChI is InChI=1S/C11H16N2/c1-8-6-9-4-3-5-13(2)11(9)10(12)7-8/h6-7H,3-5,12H2,1-2H3. The number of rotatable bonds is 0. The van der Waals surface area contributed by atoms with Crippen LogP contribution in [0.15, 0.2) is 12.1 Å². The van der Waals surface area contributed by atoms with Crippen LogP contribution in [0.3, 0.4) is 0 Å². The van der Waals surface area contributed by atoms with E-state index in [1.165, 1.54) is 29.7 Å². The summed E-state index contributed by atoms with van der Waals surface area (Å²) in [7, 11) is 2.11. The lowest BCUT2D eigenvalue weighted by Gasteiger charge is -2.29. The first-order chi connectivity index (χ1) is 6.18. The summed E-state index contributed by atoms with van der Waals surface area (Å²) >= 11 is 0. The zero-order chi connectivity index (χ0) is 9.42. The van der Waals surface area contributed by atoms with Crippen LogP contribution < -0.4 is 10.6 Å². The van der Waals surface area contributed by atoms with Crippen molar-refractivity contribution < 1.29 is 0 Å². The lowest BCUT2D eigenvalue weighted by molar-refractivity contribution is 0.745. The van der Waals surface area contributed by atoms with Crippen molar-refractivity contribution in [1.29, 1.82) is 0 Å². The summed E-state index contributed by atoms with van der Waals surface area (Å²) in [6.07, 6.45) is 2.41. The Morgan fingerprint density at radius 1 is 1.38 bits per heavy atom. The van der Waals surface area contributed by atoms with Crippen LogP contribution in [-0.2, 0) is 6.42 Å². The van der Waals surface area contributed by atoms with Gasteiger partial charge < -0.3 is 10.6 Å². The first-order valence-electron chi connectivity index (χ1n) is 4.78. The molecule has 1 aromatic carbocycles. The minimum atomic E-state index is 0.928. The molecule has 0 spiro atoms. The second-order valence-electron chi connectivity index (χ2n) is 3.89. The molecule has 1 heterocycles. The Morgan fingerprint density at radius 3 is 2.92 bits per heavy atom. The normalized spacial score (nSPS) is 15.7.